The Hall–Kier alpha value is -3.46. The van der Waals surface area contributed by atoms with Crippen LogP contribution < -0.4 is 4.90 Å². The highest BCUT2D eigenvalue weighted by molar-refractivity contribution is 5.75. The SMILES string of the molecule is CC(C)c1cnc2nn(-c3cc(N4C=C(C#N)C=CC4)ccc3F)cc2c1. The number of pyridine rings is 1. The minimum absolute atomic E-state index is 0.345. The number of fused-ring (bicyclic) bond motifs is 1. The van der Waals surface area contributed by atoms with Crippen LogP contribution in [-0.4, -0.2) is 21.3 Å². The molecule has 1 aliphatic rings. The first kappa shape index (κ1) is 17.0. The Morgan fingerprint density at radius 1 is 1.26 bits per heavy atom. The fourth-order valence-corrected chi connectivity index (χ4v) is 3.03. The summed E-state index contributed by atoms with van der Waals surface area (Å²) in [4.78, 5) is 6.29. The monoisotopic (exact) mass is 359 g/mol. The highest BCUT2D eigenvalue weighted by Gasteiger charge is 2.14. The van der Waals surface area contributed by atoms with Crippen LogP contribution in [0, 0.1) is 17.1 Å². The number of benzene rings is 1. The van der Waals surface area contributed by atoms with Crippen LogP contribution in [0.3, 0.4) is 0 Å². The molecule has 6 heteroatoms. The van der Waals surface area contributed by atoms with E-state index in [0.717, 1.165) is 16.6 Å². The zero-order valence-corrected chi connectivity index (χ0v) is 15.1. The van der Waals surface area contributed by atoms with Crippen LogP contribution in [0.1, 0.15) is 25.3 Å². The summed E-state index contributed by atoms with van der Waals surface area (Å²) in [5, 5.41) is 14.4. The minimum Gasteiger partial charge on any atom is -0.343 e. The third-order valence-electron chi connectivity index (χ3n) is 4.58. The average Bonchev–Trinajstić information content (AvgIpc) is 3.11. The van der Waals surface area contributed by atoms with E-state index in [1.54, 1.807) is 30.6 Å². The molecule has 0 atom stereocenters. The maximum absolute atomic E-state index is 14.5. The molecule has 0 fully saturated rings. The lowest BCUT2D eigenvalue weighted by molar-refractivity contribution is 0.611. The molecule has 0 spiro atoms. The van der Waals surface area contributed by atoms with Gasteiger partial charge in [0.05, 0.1) is 5.57 Å². The molecule has 27 heavy (non-hydrogen) atoms. The second kappa shape index (κ2) is 6.69. The molecule has 0 unspecified atom stereocenters. The molecule has 0 radical (unpaired) electrons. The summed E-state index contributed by atoms with van der Waals surface area (Å²) in [6.07, 6.45) is 9.04. The second-order valence-corrected chi connectivity index (χ2v) is 6.80. The first-order valence-corrected chi connectivity index (χ1v) is 8.75. The summed E-state index contributed by atoms with van der Waals surface area (Å²) in [6.45, 7) is 4.83. The molecule has 134 valence electrons. The van der Waals surface area contributed by atoms with Crippen molar-refractivity contribution < 1.29 is 4.39 Å². The van der Waals surface area contributed by atoms with Crippen LogP contribution in [0.15, 0.2) is 60.6 Å². The van der Waals surface area contributed by atoms with E-state index in [9.17, 15) is 4.39 Å². The van der Waals surface area contributed by atoms with Crippen molar-refractivity contribution in [2.24, 2.45) is 0 Å². The molecule has 3 heterocycles. The molecular formula is C21H18FN5. The van der Waals surface area contributed by atoms with Gasteiger partial charge in [0.15, 0.2) is 5.65 Å². The van der Waals surface area contributed by atoms with Crippen molar-refractivity contribution in [1.29, 1.82) is 5.26 Å². The maximum Gasteiger partial charge on any atom is 0.181 e. The Morgan fingerprint density at radius 2 is 2.11 bits per heavy atom. The Morgan fingerprint density at radius 3 is 2.89 bits per heavy atom. The van der Waals surface area contributed by atoms with Crippen LogP contribution in [0.25, 0.3) is 16.7 Å². The van der Waals surface area contributed by atoms with Gasteiger partial charge in [-0.3, -0.25) is 0 Å². The first-order chi connectivity index (χ1) is 13.0. The predicted molar refractivity (Wildman–Crippen MR) is 103 cm³/mol. The normalized spacial score (nSPS) is 13.9. The molecule has 0 N–H and O–H groups in total. The molecule has 0 bridgehead atoms. The summed E-state index contributed by atoms with van der Waals surface area (Å²) >= 11 is 0. The van der Waals surface area contributed by atoms with Gasteiger partial charge in [-0.25, -0.2) is 14.1 Å². The predicted octanol–water partition coefficient (Wildman–Crippen LogP) is 4.47. The largest absolute Gasteiger partial charge is 0.343 e. The van der Waals surface area contributed by atoms with E-state index in [1.807, 2.05) is 23.2 Å². The summed E-state index contributed by atoms with van der Waals surface area (Å²) in [5.41, 5.74) is 3.39. The number of aromatic nitrogens is 3. The zero-order valence-electron chi connectivity index (χ0n) is 15.1. The van der Waals surface area contributed by atoms with Gasteiger partial charge in [-0.15, -0.1) is 5.10 Å². The summed E-state index contributed by atoms with van der Waals surface area (Å²) in [6, 6.07) is 9.01. The van der Waals surface area contributed by atoms with Crippen LogP contribution >= 0.6 is 0 Å². The van der Waals surface area contributed by atoms with Crippen LogP contribution in [-0.2, 0) is 0 Å². The number of nitriles is 1. The number of anilines is 1. The van der Waals surface area contributed by atoms with E-state index in [4.69, 9.17) is 5.26 Å². The molecule has 1 aliphatic heterocycles. The van der Waals surface area contributed by atoms with Crippen molar-refractivity contribution in [3.8, 4) is 11.8 Å². The van der Waals surface area contributed by atoms with E-state index in [0.29, 0.717) is 29.4 Å². The smallest absolute Gasteiger partial charge is 0.181 e. The number of hydrogen-bond donors (Lipinski definition) is 0. The molecule has 4 rings (SSSR count). The zero-order chi connectivity index (χ0) is 19.0. The molecule has 1 aromatic carbocycles. The van der Waals surface area contributed by atoms with Crippen LogP contribution in [0.5, 0.6) is 0 Å². The third kappa shape index (κ3) is 3.20. The molecule has 0 saturated heterocycles. The van der Waals surface area contributed by atoms with E-state index in [1.165, 1.54) is 10.7 Å². The first-order valence-electron chi connectivity index (χ1n) is 8.75. The van der Waals surface area contributed by atoms with Gasteiger partial charge in [0.1, 0.15) is 17.6 Å². The van der Waals surface area contributed by atoms with E-state index >= 15 is 0 Å². The van der Waals surface area contributed by atoms with Gasteiger partial charge in [-0.1, -0.05) is 19.9 Å². The topological polar surface area (TPSA) is 57.7 Å². The van der Waals surface area contributed by atoms with Gasteiger partial charge in [-0.05, 0) is 41.8 Å². The number of nitrogens with zero attached hydrogens (tertiary/aromatic N) is 5. The quantitative estimate of drug-likeness (QED) is 0.692. The fourth-order valence-electron chi connectivity index (χ4n) is 3.03. The van der Waals surface area contributed by atoms with Crippen molar-refractivity contribution in [3.63, 3.8) is 0 Å². The molecule has 0 aliphatic carbocycles. The fraction of sp³-hybridized carbons (Fsp3) is 0.190. The molecule has 3 aromatic rings. The Labute approximate surface area is 156 Å². The van der Waals surface area contributed by atoms with Gasteiger partial charge in [0.2, 0.25) is 0 Å². The number of allylic oxidation sites excluding steroid dienone is 2. The minimum atomic E-state index is -0.368. The summed E-state index contributed by atoms with van der Waals surface area (Å²) in [7, 11) is 0. The number of rotatable bonds is 3. The molecule has 5 nitrogen and oxygen atoms in total. The number of halogens is 1. The standard InChI is InChI=1S/C21H18FN5/c1-14(2)16-8-17-13-27(25-21(17)24-11-16)20-9-18(5-6-19(20)22)26-7-3-4-15(10-23)12-26/h3-6,8-9,11-14H,7H2,1-2H3. The Bertz CT molecular complexity index is 1120. The summed E-state index contributed by atoms with van der Waals surface area (Å²) < 4.78 is 16.0. The van der Waals surface area contributed by atoms with Crippen LogP contribution in [0.2, 0.25) is 0 Å². The highest BCUT2D eigenvalue weighted by Crippen LogP contribution is 2.26. The Kier molecular flexibility index (Phi) is 4.21. The lowest BCUT2D eigenvalue weighted by atomic mass is 10.1. The maximum atomic E-state index is 14.5. The van der Waals surface area contributed by atoms with Gasteiger partial charge >= 0.3 is 0 Å². The molecule has 0 amide bonds. The number of hydrogen-bond acceptors (Lipinski definition) is 4. The molecular weight excluding hydrogens is 341 g/mol. The van der Waals surface area contributed by atoms with E-state index < -0.39 is 0 Å². The lowest BCUT2D eigenvalue weighted by Crippen LogP contribution is -2.19. The van der Waals surface area contributed by atoms with Crippen molar-refractivity contribution in [2.45, 2.75) is 19.8 Å². The van der Waals surface area contributed by atoms with Crippen molar-refractivity contribution in [2.75, 3.05) is 11.4 Å². The van der Waals surface area contributed by atoms with Crippen molar-refractivity contribution in [3.05, 3.63) is 72.0 Å². The lowest BCUT2D eigenvalue weighted by Gasteiger charge is -2.22. The van der Waals surface area contributed by atoms with Crippen molar-refractivity contribution in [1.82, 2.24) is 14.8 Å². The van der Waals surface area contributed by atoms with Gasteiger partial charge in [0.25, 0.3) is 0 Å². The van der Waals surface area contributed by atoms with Gasteiger partial charge < -0.3 is 4.90 Å². The average molecular weight is 359 g/mol. The highest BCUT2D eigenvalue weighted by atomic mass is 19.1. The summed E-state index contributed by atoms with van der Waals surface area (Å²) in [5.74, 6) is -0.00809. The molecule has 0 saturated carbocycles. The van der Waals surface area contributed by atoms with Crippen LogP contribution in [0.4, 0.5) is 10.1 Å². The Balaban J connectivity index is 1.76. The molecule has 2 aromatic heterocycles. The third-order valence-corrected chi connectivity index (χ3v) is 4.58. The second-order valence-electron chi connectivity index (χ2n) is 6.80. The van der Waals surface area contributed by atoms with E-state index in [2.05, 4.69) is 30.0 Å². The van der Waals surface area contributed by atoms with Crippen molar-refractivity contribution >= 4 is 16.7 Å². The van der Waals surface area contributed by atoms with Gasteiger partial charge in [-0.2, -0.15) is 5.26 Å². The van der Waals surface area contributed by atoms with Gasteiger partial charge in [0, 0.05) is 36.2 Å². The van der Waals surface area contributed by atoms with E-state index in [-0.39, 0.29) is 5.82 Å².